The van der Waals surface area contributed by atoms with E-state index < -0.39 is 5.97 Å². The van der Waals surface area contributed by atoms with E-state index in [-0.39, 0.29) is 38.0 Å². The standard InChI is InChI=1S/C13H13NO5/c15-11-7-19-8-12(16)14(11)6-10-3-1-9(2-4-10)5-13(17)18/h1-4H,5-8H2,(H,17,18). The molecule has 1 heterocycles. The average molecular weight is 263 g/mol. The Morgan fingerprint density at radius 2 is 1.63 bits per heavy atom. The van der Waals surface area contributed by atoms with E-state index in [2.05, 4.69) is 0 Å². The number of carbonyl (C=O) groups is 3. The lowest BCUT2D eigenvalue weighted by Crippen LogP contribution is -2.45. The lowest BCUT2D eigenvalue weighted by Gasteiger charge is -2.24. The molecule has 19 heavy (non-hydrogen) atoms. The number of carbonyl (C=O) groups excluding carboxylic acids is 2. The Balaban J connectivity index is 2.04. The summed E-state index contributed by atoms with van der Waals surface area (Å²) < 4.78 is 4.82. The number of hydrogen-bond donors (Lipinski definition) is 1. The van der Waals surface area contributed by atoms with Gasteiger partial charge in [-0.1, -0.05) is 24.3 Å². The average Bonchev–Trinajstić information content (AvgIpc) is 2.35. The molecular formula is C13H13NO5. The fourth-order valence-electron chi connectivity index (χ4n) is 1.82. The van der Waals surface area contributed by atoms with Crippen LogP contribution in [0, 0.1) is 0 Å². The van der Waals surface area contributed by atoms with Gasteiger partial charge in [-0.2, -0.15) is 0 Å². The summed E-state index contributed by atoms with van der Waals surface area (Å²) >= 11 is 0. The molecule has 100 valence electrons. The Hall–Kier alpha value is -2.21. The number of nitrogens with zero attached hydrogens (tertiary/aromatic N) is 1. The Kier molecular flexibility index (Phi) is 3.91. The summed E-state index contributed by atoms with van der Waals surface area (Å²) in [5, 5.41) is 8.66. The van der Waals surface area contributed by atoms with Crippen molar-refractivity contribution in [3.8, 4) is 0 Å². The van der Waals surface area contributed by atoms with Crippen LogP contribution >= 0.6 is 0 Å². The Morgan fingerprint density at radius 1 is 1.11 bits per heavy atom. The number of benzene rings is 1. The SMILES string of the molecule is O=C(O)Cc1ccc(CN2C(=O)COCC2=O)cc1. The topological polar surface area (TPSA) is 83.9 Å². The molecule has 2 rings (SSSR count). The Labute approximate surface area is 109 Å². The van der Waals surface area contributed by atoms with Crippen molar-refractivity contribution in [3.63, 3.8) is 0 Å². The largest absolute Gasteiger partial charge is 0.481 e. The minimum absolute atomic E-state index is 0.0459. The first kappa shape index (κ1) is 13.2. The Bertz CT molecular complexity index is 492. The lowest BCUT2D eigenvalue weighted by atomic mass is 10.1. The van der Waals surface area contributed by atoms with E-state index >= 15 is 0 Å². The third-order valence-electron chi connectivity index (χ3n) is 2.77. The second-order valence-electron chi connectivity index (χ2n) is 4.25. The lowest BCUT2D eigenvalue weighted by molar-refractivity contribution is -0.159. The van der Waals surface area contributed by atoms with Crippen molar-refractivity contribution in [1.29, 1.82) is 0 Å². The van der Waals surface area contributed by atoms with Gasteiger partial charge in [-0.05, 0) is 11.1 Å². The predicted molar refractivity (Wildman–Crippen MR) is 64.2 cm³/mol. The summed E-state index contributed by atoms with van der Waals surface area (Å²) in [7, 11) is 0. The van der Waals surface area contributed by atoms with Gasteiger partial charge in [0.2, 0.25) is 0 Å². The van der Waals surface area contributed by atoms with Gasteiger partial charge in [0.1, 0.15) is 13.2 Å². The van der Waals surface area contributed by atoms with Crippen LogP contribution in [-0.2, 0) is 32.1 Å². The van der Waals surface area contributed by atoms with Gasteiger partial charge < -0.3 is 9.84 Å². The van der Waals surface area contributed by atoms with Crippen molar-refractivity contribution in [1.82, 2.24) is 4.90 Å². The van der Waals surface area contributed by atoms with Gasteiger partial charge in [0.05, 0.1) is 13.0 Å². The molecule has 1 aromatic rings. The second kappa shape index (κ2) is 5.62. The van der Waals surface area contributed by atoms with Gasteiger partial charge in [0.25, 0.3) is 11.8 Å². The molecule has 0 aliphatic carbocycles. The normalized spacial score (nSPS) is 15.7. The number of hydrogen-bond acceptors (Lipinski definition) is 4. The molecule has 6 heteroatoms. The number of imide groups is 1. The monoisotopic (exact) mass is 263 g/mol. The molecule has 0 aromatic heterocycles. The highest BCUT2D eigenvalue weighted by Gasteiger charge is 2.26. The van der Waals surface area contributed by atoms with E-state index in [1.807, 2.05) is 0 Å². The van der Waals surface area contributed by atoms with Crippen LogP contribution in [0.15, 0.2) is 24.3 Å². The quantitative estimate of drug-likeness (QED) is 0.784. The highest BCUT2D eigenvalue weighted by atomic mass is 16.5. The zero-order valence-electron chi connectivity index (χ0n) is 10.2. The van der Waals surface area contributed by atoms with Crippen molar-refractivity contribution in [2.45, 2.75) is 13.0 Å². The fourth-order valence-corrected chi connectivity index (χ4v) is 1.82. The van der Waals surface area contributed by atoms with Crippen LogP contribution in [0.25, 0.3) is 0 Å². The molecule has 6 nitrogen and oxygen atoms in total. The highest BCUT2D eigenvalue weighted by Crippen LogP contribution is 2.11. The summed E-state index contributed by atoms with van der Waals surface area (Å²) in [4.78, 5) is 34.7. The summed E-state index contributed by atoms with van der Waals surface area (Å²) in [5.74, 6) is -1.61. The van der Waals surface area contributed by atoms with Crippen molar-refractivity contribution < 1.29 is 24.2 Å². The van der Waals surface area contributed by atoms with E-state index in [4.69, 9.17) is 9.84 Å². The van der Waals surface area contributed by atoms with Gasteiger partial charge in [-0.3, -0.25) is 19.3 Å². The number of amides is 2. The van der Waals surface area contributed by atoms with Gasteiger partial charge in [-0.25, -0.2) is 0 Å². The molecule has 0 bridgehead atoms. The van der Waals surface area contributed by atoms with Crippen LogP contribution in [0.3, 0.4) is 0 Å². The van der Waals surface area contributed by atoms with E-state index in [0.29, 0.717) is 5.56 Å². The zero-order valence-corrected chi connectivity index (χ0v) is 10.2. The van der Waals surface area contributed by atoms with Crippen LogP contribution in [0.1, 0.15) is 11.1 Å². The van der Waals surface area contributed by atoms with Crippen molar-refractivity contribution in [2.75, 3.05) is 13.2 Å². The molecule has 0 radical (unpaired) electrons. The number of rotatable bonds is 4. The molecule has 0 atom stereocenters. The molecular weight excluding hydrogens is 250 g/mol. The first-order valence-corrected chi connectivity index (χ1v) is 5.77. The molecule has 2 amide bonds. The molecule has 0 saturated carbocycles. The summed E-state index contributed by atoms with van der Waals surface area (Å²) in [6.45, 7) is 0.0278. The van der Waals surface area contributed by atoms with Crippen LogP contribution < -0.4 is 0 Å². The van der Waals surface area contributed by atoms with E-state index in [1.165, 1.54) is 0 Å². The highest BCUT2D eigenvalue weighted by molar-refractivity contribution is 5.98. The smallest absolute Gasteiger partial charge is 0.307 e. The fraction of sp³-hybridized carbons (Fsp3) is 0.308. The molecule has 1 fully saturated rings. The maximum absolute atomic E-state index is 11.5. The van der Waals surface area contributed by atoms with Crippen molar-refractivity contribution in [2.24, 2.45) is 0 Å². The van der Waals surface area contributed by atoms with Crippen LogP contribution in [-0.4, -0.2) is 41.0 Å². The van der Waals surface area contributed by atoms with Crippen LogP contribution in [0.2, 0.25) is 0 Å². The van der Waals surface area contributed by atoms with Crippen LogP contribution in [0.4, 0.5) is 0 Å². The van der Waals surface area contributed by atoms with E-state index in [9.17, 15) is 14.4 Å². The van der Waals surface area contributed by atoms with Gasteiger partial charge in [-0.15, -0.1) is 0 Å². The number of morpholine rings is 1. The predicted octanol–water partition coefficient (Wildman–Crippen LogP) is 0.199. The van der Waals surface area contributed by atoms with Gasteiger partial charge in [0.15, 0.2) is 0 Å². The maximum Gasteiger partial charge on any atom is 0.307 e. The van der Waals surface area contributed by atoms with Gasteiger partial charge in [0, 0.05) is 0 Å². The number of ether oxygens (including phenoxy) is 1. The first-order valence-electron chi connectivity index (χ1n) is 5.77. The molecule has 1 N–H and O–H groups in total. The van der Waals surface area contributed by atoms with E-state index in [1.54, 1.807) is 24.3 Å². The number of carboxylic acids is 1. The maximum atomic E-state index is 11.5. The summed E-state index contributed by atoms with van der Waals surface area (Å²) in [6, 6.07) is 6.79. The van der Waals surface area contributed by atoms with Crippen molar-refractivity contribution >= 4 is 17.8 Å². The third-order valence-corrected chi connectivity index (χ3v) is 2.77. The molecule has 1 saturated heterocycles. The molecule has 1 aromatic carbocycles. The molecule has 1 aliphatic rings. The first-order chi connectivity index (χ1) is 9.06. The second-order valence-corrected chi connectivity index (χ2v) is 4.25. The molecule has 0 spiro atoms. The van der Waals surface area contributed by atoms with Crippen LogP contribution in [0.5, 0.6) is 0 Å². The van der Waals surface area contributed by atoms with E-state index in [0.717, 1.165) is 10.5 Å². The third kappa shape index (κ3) is 3.38. The van der Waals surface area contributed by atoms with Gasteiger partial charge >= 0.3 is 5.97 Å². The number of aliphatic carboxylic acids is 1. The Morgan fingerprint density at radius 3 is 2.16 bits per heavy atom. The molecule has 0 unspecified atom stereocenters. The molecule has 1 aliphatic heterocycles. The van der Waals surface area contributed by atoms with Crippen molar-refractivity contribution in [3.05, 3.63) is 35.4 Å². The summed E-state index contributed by atoms with van der Waals surface area (Å²) in [6.07, 6.45) is -0.0459. The number of carboxylic acid groups (broad SMARTS) is 1. The zero-order chi connectivity index (χ0) is 13.8. The summed E-state index contributed by atoms with van der Waals surface area (Å²) in [5.41, 5.74) is 1.45. The minimum atomic E-state index is -0.897. The minimum Gasteiger partial charge on any atom is -0.481 e.